The van der Waals surface area contributed by atoms with Crippen molar-refractivity contribution in [1.29, 1.82) is 0 Å². The summed E-state index contributed by atoms with van der Waals surface area (Å²) in [4.78, 5) is 17.3. The Kier molecular flexibility index (Phi) is 4.94. The van der Waals surface area contributed by atoms with Gasteiger partial charge in [0, 0.05) is 29.9 Å². The van der Waals surface area contributed by atoms with E-state index in [1.54, 1.807) is 12.1 Å². The van der Waals surface area contributed by atoms with Crippen molar-refractivity contribution in [3.63, 3.8) is 0 Å². The molecule has 1 N–H and O–H groups in total. The summed E-state index contributed by atoms with van der Waals surface area (Å²) >= 11 is 0. The predicted octanol–water partition coefficient (Wildman–Crippen LogP) is 4.71. The number of fused-ring (bicyclic) bond motifs is 2. The van der Waals surface area contributed by atoms with Crippen LogP contribution in [0.5, 0.6) is 0 Å². The van der Waals surface area contributed by atoms with Gasteiger partial charge in [0.25, 0.3) is 0 Å². The molecule has 2 aromatic carbocycles. The number of likely N-dealkylation sites (tertiary alicyclic amines) is 1. The fraction of sp³-hybridized carbons (Fsp3) is 0.348. The van der Waals surface area contributed by atoms with Crippen molar-refractivity contribution in [1.82, 2.24) is 4.90 Å². The van der Waals surface area contributed by atoms with Crippen molar-refractivity contribution in [3.05, 3.63) is 72.1 Å². The summed E-state index contributed by atoms with van der Waals surface area (Å²) in [6.07, 6.45) is 4.00. The third kappa shape index (κ3) is 3.42. The smallest absolute Gasteiger partial charge is 0.308 e. The van der Waals surface area contributed by atoms with Gasteiger partial charge in [0.1, 0.15) is 5.82 Å². The predicted molar refractivity (Wildman–Crippen MR) is 111 cm³/mol. The number of piperidine rings is 1. The first-order valence-electron chi connectivity index (χ1n) is 9.79. The Balaban J connectivity index is 1.59. The maximum absolute atomic E-state index is 13.2. The van der Waals surface area contributed by atoms with Crippen LogP contribution in [-0.2, 0) is 5.41 Å². The number of amides is 2. The van der Waals surface area contributed by atoms with Gasteiger partial charge in [0.15, 0.2) is 0 Å². The molecule has 0 radical (unpaired) electrons. The van der Waals surface area contributed by atoms with Crippen LogP contribution in [0.15, 0.2) is 55.1 Å². The number of aryl methyl sites for hydroxylation is 1. The van der Waals surface area contributed by atoms with Gasteiger partial charge in [0.2, 0.25) is 0 Å². The minimum atomic E-state index is -0.315. The largest absolute Gasteiger partial charge is 0.326 e. The van der Waals surface area contributed by atoms with Gasteiger partial charge in [-0.05, 0) is 68.8 Å². The molecule has 0 unspecified atom stereocenters. The van der Waals surface area contributed by atoms with Crippen LogP contribution in [0.3, 0.4) is 0 Å². The molecular weight excluding hydrogens is 353 g/mol. The van der Waals surface area contributed by atoms with Gasteiger partial charge in [-0.1, -0.05) is 23.8 Å². The third-order valence-electron chi connectivity index (χ3n) is 6.02. The number of urea groups is 1. The van der Waals surface area contributed by atoms with E-state index >= 15 is 0 Å². The average Bonchev–Trinajstić information content (AvgIpc) is 2.99. The van der Waals surface area contributed by atoms with Gasteiger partial charge in [-0.15, -0.1) is 6.58 Å². The van der Waals surface area contributed by atoms with Gasteiger partial charge >= 0.3 is 6.03 Å². The number of carbonyl (C=O) groups is 1. The standard InChI is InChI=1S/C23H26FN3O/c1-3-12-26-13-10-23(11-14-26)16-27(21-9-4-17(2)15-20(21)23)22(28)25-19-7-5-18(24)6-8-19/h3-9,15H,1,10-14,16H2,2H3,(H,25,28). The second-order valence-electron chi connectivity index (χ2n) is 7.91. The maximum atomic E-state index is 13.2. The highest BCUT2D eigenvalue weighted by molar-refractivity contribution is 6.03. The summed E-state index contributed by atoms with van der Waals surface area (Å²) in [6.45, 7) is 9.55. The average molecular weight is 379 g/mol. The number of anilines is 2. The van der Waals surface area contributed by atoms with Crippen molar-refractivity contribution in [2.24, 2.45) is 0 Å². The molecule has 4 nitrogen and oxygen atoms in total. The highest BCUT2D eigenvalue weighted by Gasteiger charge is 2.46. The second-order valence-corrected chi connectivity index (χ2v) is 7.91. The molecule has 5 heteroatoms. The molecular formula is C23H26FN3O. The number of halogens is 1. The van der Waals surface area contributed by atoms with E-state index < -0.39 is 0 Å². The number of nitrogens with one attached hydrogen (secondary N) is 1. The van der Waals surface area contributed by atoms with Crippen molar-refractivity contribution in [3.8, 4) is 0 Å². The molecule has 2 aliphatic heterocycles. The highest BCUT2D eigenvalue weighted by atomic mass is 19.1. The van der Waals surface area contributed by atoms with E-state index in [4.69, 9.17) is 0 Å². The molecule has 0 atom stereocenters. The summed E-state index contributed by atoms with van der Waals surface area (Å²) in [5.41, 5.74) is 4.08. The first kappa shape index (κ1) is 18.7. The van der Waals surface area contributed by atoms with Crippen LogP contribution in [0.25, 0.3) is 0 Å². The molecule has 2 heterocycles. The van der Waals surface area contributed by atoms with Crippen LogP contribution < -0.4 is 10.2 Å². The van der Waals surface area contributed by atoms with Gasteiger partial charge in [-0.3, -0.25) is 9.80 Å². The molecule has 1 spiro atoms. The van der Waals surface area contributed by atoms with Crippen LogP contribution in [0.1, 0.15) is 24.0 Å². The molecule has 2 aliphatic rings. The minimum absolute atomic E-state index is 0.000834. The molecule has 1 saturated heterocycles. The van der Waals surface area contributed by atoms with Crippen LogP contribution >= 0.6 is 0 Å². The second kappa shape index (κ2) is 7.40. The fourth-order valence-electron chi connectivity index (χ4n) is 4.46. The summed E-state index contributed by atoms with van der Waals surface area (Å²) in [5, 5.41) is 2.91. The SMILES string of the molecule is C=CCN1CCC2(CC1)CN(C(=O)Nc1ccc(F)cc1)c1ccc(C)cc12. The number of carbonyl (C=O) groups excluding carboxylic acids is 1. The molecule has 0 saturated carbocycles. The monoisotopic (exact) mass is 379 g/mol. The molecule has 0 aromatic heterocycles. The number of nitrogens with zero attached hydrogens (tertiary/aromatic N) is 2. The first-order valence-corrected chi connectivity index (χ1v) is 9.79. The molecule has 0 bridgehead atoms. The number of hydrogen-bond donors (Lipinski definition) is 1. The molecule has 28 heavy (non-hydrogen) atoms. The van der Waals surface area contributed by atoms with E-state index in [9.17, 15) is 9.18 Å². The topological polar surface area (TPSA) is 35.6 Å². The first-order chi connectivity index (χ1) is 13.5. The van der Waals surface area contributed by atoms with Crippen LogP contribution in [0.2, 0.25) is 0 Å². The van der Waals surface area contributed by atoms with Crippen molar-refractivity contribution in [2.75, 3.05) is 36.4 Å². The van der Waals surface area contributed by atoms with E-state index in [-0.39, 0.29) is 17.3 Å². The van der Waals surface area contributed by atoms with Gasteiger partial charge in [-0.25, -0.2) is 9.18 Å². The molecule has 0 aliphatic carbocycles. The lowest BCUT2D eigenvalue weighted by atomic mass is 9.74. The summed E-state index contributed by atoms with van der Waals surface area (Å²) in [5.74, 6) is -0.315. The van der Waals surface area contributed by atoms with Gasteiger partial charge in [0.05, 0.1) is 0 Å². The summed E-state index contributed by atoms with van der Waals surface area (Å²) < 4.78 is 13.2. The Morgan fingerprint density at radius 3 is 2.61 bits per heavy atom. The lowest BCUT2D eigenvalue weighted by molar-refractivity contribution is 0.180. The lowest BCUT2D eigenvalue weighted by Gasteiger charge is -2.39. The van der Waals surface area contributed by atoms with Crippen LogP contribution in [0, 0.1) is 12.7 Å². The zero-order valence-electron chi connectivity index (χ0n) is 16.2. The molecule has 4 rings (SSSR count). The number of rotatable bonds is 3. The fourth-order valence-corrected chi connectivity index (χ4v) is 4.46. The maximum Gasteiger partial charge on any atom is 0.326 e. The van der Waals surface area contributed by atoms with E-state index in [1.807, 2.05) is 11.0 Å². The number of hydrogen-bond acceptors (Lipinski definition) is 2. The van der Waals surface area contributed by atoms with Crippen LogP contribution in [0.4, 0.5) is 20.6 Å². The number of benzene rings is 2. The zero-order chi connectivity index (χ0) is 19.7. The van der Waals surface area contributed by atoms with Crippen molar-refractivity contribution in [2.45, 2.75) is 25.2 Å². The molecule has 1 fully saturated rings. The van der Waals surface area contributed by atoms with E-state index in [1.165, 1.54) is 23.3 Å². The van der Waals surface area contributed by atoms with Gasteiger partial charge in [-0.2, -0.15) is 0 Å². The highest BCUT2D eigenvalue weighted by Crippen LogP contribution is 2.47. The van der Waals surface area contributed by atoms with E-state index in [0.29, 0.717) is 12.2 Å². The minimum Gasteiger partial charge on any atom is -0.308 e. The Labute approximate surface area is 165 Å². The molecule has 146 valence electrons. The van der Waals surface area contributed by atoms with E-state index in [2.05, 4.69) is 41.9 Å². The lowest BCUT2D eigenvalue weighted by Crippen LogP contribution is -2.46. The quantitative estimate of drug-likeness (QED) is 0.784. The Morgan fingerprint density at radius 2 is 1.93 bits per heavy atom. The van der Waals surface area contributed by atoms with Gasteiger partial charge < -0.3 is 5.32 Å². The van der Waals surface area contributed by atoms with E-state index in [0.717, 1.165) is 38.2 Å². The zero-order valence-corrected chi connectivity index (χ0v) is 16.2. The normalized spacial score (nSPS) is 18.1. The summed E-state index contributed by atoms with van der Waals surface area (Å²) in [7, 11) is 0. The Hall–Kier alpha value is -2.66. The molecule has 2 aromatic rings. The third-order valence-corrected chi connectivity index (χ3v) is 6.02. The van der Waals surface area contributed by atoms with Crippen molar-refractivity contribution < 1.29 is 9.18 Å². The summed E-state index contributed by atoms with van der Waals surface area (Å²) in [6, 6.07) is 12.1. The Bertz CT molecular complexity index is 885. The van der Waals surface area contributed by atoms with Crippen molar-refractivity contribution >= 4 is 17.4 Å². The van der Waals surface area contributed by atoms with Crippen LogP contribution in [-0.4, -0.2) is 37.1 Å². The Morgan fingerprint density at radius 1 is 1.21 bits per heavy atom. The molecule has 2 amide bonds.